The highest BCUT2D eigenvalue weighted by Crippen LogP contribution is 2.53. The second-order valence-corrected chi connectivity index (χ2v) is 22.1. The molecule has 16 nitrogen and oxygen atoms in total. The van der Waals surface area contributed by atoms with Gasteiger partial charge in [-0.2, -0.15) is 4.98 Å². The summed E-state index contributed by atoms with van der Waals surface area (Å²) in [5.74, 6) is -2.41. The fourth-order valence-corrected chi connectivity index (χ4v) is 10.9. The van der Waals surface area contributed by atoms with E-state index in [1.165, 1.54) is 16.8 Å². The van der Waals surface area contributed by atoms with E-state index in [4.69, 9.17) is 14.5 Å². The number of alkyl carbamates (subject to hydrolysis) is 1. The molecule has 2 spiro atoms. The monoisotopic (exact) mass is 869 g/mol. The molecule has 4 bridgehead atoms. The smallest absolute Gasteiger partial charge is 0.408 e. The van der Waals surface area contributed by atoms with Gasteiger partial charge < -0.3 is 29.9 Å². The fraction of sp³-hybridized carbons (Fsp3) is 0.727. The Balaban J connectivity index is 1.40. The normalized spacial score (nSPS) is 26.7. The number of carbonyl (C=O) groups is 5. The van der Waals surface area contributed by atoms with Gasteiger partial charge in [-0.1, -0.05) is 65.9 Å². The third-order valence-electron chi connectivity index (χ3n) is 12.9. The quantitative estimate of drug-likeness (QED) is 0.348. The molecule has 5 atom stereocenters. The summed E-state index contributed by atoms with van der Waals surface area (Å²) in [6, 6.07) is 3.16. The zero-order chi connectivity index (χ0) is 44.9. The molecule has 61 heavy (non-hydrogen) atoms. The highest BCUT2D eigenvalue weighted by molar-refractivity contribution is 7.91. The molecule has 5 amide bonds. The summed E-state index contributed by atoms with van der Waals surface area (Å²) in [6.45, 7) is 16.8. The van der Waals surface area contributed by atoms with Crippen LogP contribution in [0.4, 0.5) is 4.79 Å². The molecule has 2 aromatic rings. The van der Waals surface area contributed by atoms with Gasteiger partial charge in [-0.05, 0) is 90.2 Å². The van der Waals surface area contributed by atoms with E-state index in [0.717, 1.165) is 25.7 Å². The van der Waals surface area contributed by atoms with Crippen LogP contribution in [-0.4, -0.2) is 112 Å². The number of nitrogens with zero attached hydrogens (tertiary/aromatic N) is 4. The summed E-state index contributed by atoms with van der Waals surface area (Å²) in [6.07, 6.45) is 4.51. The predicted molar refractivity (Wildman–Crippen MR) is 230 cm³/mol. The molecule has 6 rings (SSSR count). The molecule has 2 saturated carbocycles. The number of carbonyl (C=O) groups excluding carboxylic acids is 5. The minimum Gasteiger partial charge on any atom is -0.459 e. The van der Waals surface area contributed by atoms with Gasteiger partial charge in [0, 0.05) is 26.1 Å². The molecule has 2 aliphatic heterocycles. The summed E-state index contributed by atoms with van der Waals surface area (Å²) in [4.78, 5) is 78.6. The third-order valence-corrected chi connectivity index (χ3v) is 15.1. The van der Waals surface area contributed by atoms with E-state index in [1.807, 2.05) is 31.4 Å². The van der Waals surface area contributed by atoms with Crippen molar-refractivity contribution in [3.8, 4) is 6.01 Å². The number of nitrogens with one attached hydrogen (secondary N) is 3. The Morgan fingerprint density at radius 2 is 1.69 bits per heavy atom. The Morgan fingerprint density at radius 1 is 1.02 bits per heavy atom. The van der Waals surface area contributed by atoms with Gasteiger partial charge >= 0.3 is 6.09 Å². The fourth-order valence-electron chi connectivity index (χ4n) is 9.18. The lowest BCUT2D eigenvalue weighted by Gasteiger charge is -2.37. The molecule has 3 heterocycles. The number of rotatable bonds is 4. The van der Waals surface area contributed by atoms with Crippen LogP contribution in [0.2, 0.25) is 0 Å². The van der Waals surface area contributed by atoms with Crippen molar-refractivity contribution in [1.29, 1.82) is 0 Å². The van der Waals surface area contributed by atoms with Crippen LogP contribution >= 0.6 is 0 Å². The van der Waals surface area contributed by atoms with Crippen LogP contribution in [-0.2, 0) is 29.1 Å². The van der Waals surface area contributed by atoms with Gasteiger partial charge in [-0.3, -0.25) is 28.5 Å². The van der Waals surface area contributed by atoms with Gasteiger partial charge in [0.05, 0.1) is 22.4 Å². The Kier molecular flexibility index (Phi) is 12.9. The maximum atomic E-state index is 15.0. The molecular formula is C44H67N7O9S. The van der Waals surface area contributed by atoms with Gasteiger partial charge in [0.2, 0.25) is 21.8 Å². The van der Waals surface area contributed by atoms with Crippen LogP contribution in [0.5, 0.6) is 6.01 Å². The number of amides is 5. The van der Waals surface area contributed by atoms with Gasteiger partial charge in [-0.15, -0.1) is 0 Å². The molecule has 3 N–H and O–H groups in total. The summed E-state index contributed by atoms with van der Waals surface area (Å²) in [5.41, 5.74) is -1.59. The molecule has 0 radical (unpaired) electrons. The average Bonchev–Trinajstić information content (AvgIpc) is 4.04. The second kappa shape index (κ2) is 17.0. The van der Waals surface area contributed by atoms with Gasteiger partial charge in [-0.25, -0.2) is 13.2 Å². The number of aromatic nitrogens is 2. The first-order chi connectivity index (χ1) is 28.5. The Bertz CT molecular complexity index is 2130. The summed E-state index contributed by atoms with van der Waals surface area (Å²) in [7, 11) is -2.58. The third kappa shape index (κ3) is 9.36. The zero-order valence-corrected chi connectivity index (χ0v) is 38.5. The average molecular weight is 870 g/mol. The maximum absolute atomic E-state index is 15.0. The van der Waals surface area contributed by atoms with Crippen molar-refractivity contribution < 1.29 is 41.9 Å². The minimum atomic E-state index is -4.08. The van der Waals surface area contributed by atoms with E-state index in [-0.39, 0.29) is 43.3 Å². The first kappa shape index (κ1) is 46.1. The molecule has 1 aromatic heterocycles. The summed E-state index contributed by atoms with van der Waals surface area (Å²) >= 11 is 0. The molecule has 17 heteroatoms. The standard InChI is InChI=1S/C44H67N7O9S/c1-11-28-25-44(28)38(55)48-61(57,58)43(21-22-43)20-15-13-12-14-16-23-45-35(52)30-18-17-19-31-33(30)46-39(51(31)27(2)3)59-29-24-32(36(53)49(44)10)50(26-29)37(54)34(41(4,5)6)47-40(56)60-42(7,8)9/h17-19,27-29,32,34H,11-16,20-26H2,1-10H3,(H,45,52)(H,47,56)(H,48,55). The lowest BCUT2D eigenvalue weighted by Crippen LogP contribution is -2.60. The van der Waals surface area contributed by atoms with Gasteiger partial charge in [0.15, 0.2) is 0 Å². The number of imidazole rings is 1. The van der Waals surface area contributed by atoms with E-state index in [1.54, 1.807) is 53.7 Å². The molecule has 3 fully saturated rings. The zero-order valence-electron chi connectivity index (χ0n) is 37.7. The van der Waals surface area contributed by atoms with Gasteiger partial charge in [0.1, 0.15) is 34.8 Å². The van der Waals surface area contributed by atoms with Crippen LogP contribution < -0.4 is 20.1 Å². The lowest BCUT2D eigenvalue weighted by molar-refractivity contribution is -0.149. The molecular weight excluding hydrogens is 803 g/mol. The van der Waals surface area contributed by atoms with E-state index in [0.29, 0.717) is 55.2 Å². The first-order valence-corrected chi connectivity index (χ1v) is 23.5. The minimum absolute atomic E-state index is 0.00274. The molecule has 1 aromatic carbocycles. The van der Waals surface area contributed by atoms with E-state index >= 15 is 4.79 Å². The number of para-hydroxylation sites is 1. The number of likely N-dealkylation sites (tertiary alicyclic amines) is 1. The topological polar surface area (TPSA) is 198 Å². The van der Waals surface area contributed by atoms with E-state index in [2.05, 4.69) is 15.4 Å². The number of sulfonamides is 1. The highest BCUT2D eigenvalue weighted by Gasteiger charge is 2.66. The number of ether oxygens (including phenoxy) is 2. The SMILES string of the molecule is CCC1CC12C(=O)NS(=O)(=O)C1(CCCCCCCNC(=O)c3cccc4c3nc(n4C(C)C)OC3CC(C(=O)N2C)N(C(=O)C(NC(=O)OC(C)(C)C)C(C)(C)C)C3)CC1. The first-order valence-electron chi connectivity index (χ1n) is 22.1. The van der Waals surface area contributed by atoms with Crippen LogP contribution in [0, 0.1) is 11.3 Å². The number of fused-ring (bicyclic) bond motifs is 3. The van der Waals surface area contributed by atoms with Crippen molar-refractivity contribution >= 4 is 50.8 Å². The van der Waals surface area contributed by atoms with Crippen molar-refractivity contribution in [2.45, 2.75) is 173 Å². The lowest BCUT2D eigenvalue weighted by atomic mass is 9.85. The van der Waals surface area contributed by atoms with E-state index < -0.39 is 73.3 Å². The van der Waals surface area contributed by atoms with Crippen LogP contribution in [0.15, 0.2) is 18.2 Å². The molecule has 4 aliphatic rings. The summed E-state index contributed by atoms with van der Waals surface area (Å²) < 4.78 is 43.4. The number of likely N-dealkylation sites (N-methyl/N-ethyl adjacent to an activating group) is 1. The van der Waals surface area contributed by atoms with Crippen LogP contribution in [0.1, 0.15) is 149 Å². The molecule has 338 valence electrons. The van der Waals surface area contributed by atoms with Crippen LogP contribution in [0.3, 0.4) is 0 Å². The Morgan fingerprint density at radius 3 is 2.30 bits per heavy atom. The number of hydrogen-bond donors (Lipinski definition) is 3. The predicted octanol–water partition coefficient (Wildman–Crippen LogP) is 5.59. The van der Waals surface area contributed by atoms with Crippen molar-refractivity contribution in [2.75, 3.05) is 20.1 Å². The van der Waals surface area contributed by atoms with Crippen molar-refractivity contribution in [2.24, 2.45) is 11.3 Å². The Labute approximate surface area is 360 Å². The molecule has 1 saturated heterocycles. The van der Waals surface area contributed by atoms with Crippen molar-refractivity contribution in [3.63, 3.8) is 0 Å². The van der Waals surface area contributed by atoms with Crippen LogP contribution in [0.25, 0.3) is 11.0 Å². The van der Waals surface area contributed by atoms with Crippen molar-refractivity contribution in [3.05, 3.63) is 23.8 Å². The Hall–Kier alpha value is -4.41. The largest absolute Gasteiger partial charge is 0.459 e. The van der Waals surface area contributed by atoms with E-state index in [9.17, 15) is 27.6 Å². The number of benzene rings is 1. The number of hydrogen-bond acceptors (Lipinski definition) is 10. The van der Waals surface area contributed by atoms with Crippen molar-refractivity contribution in [1.82, 2.24) is 34.7 Å². The highest BCUT2D eigenvalue weighted by atomic mass is 32.2. The maximum Gasteiger partial charge on any atom is 0.408 e. The molecule has 5 unspecified atom stereocenters. The molecule has 2 aliphatic carbocycles. The van der Waals surface area contributed by atoms with Gasteiger partial charge in [0.25, 0.3) is 17.8 Å². The second-order valence-electron chi connectivity index (χ2n) is 20.0. The summed E-state index contributed by atoms with van der Waals surface area (Å²) in [5, 5.41) is 5.78.